The molecular formula is C13H28N4O. The van der Waals surface area contributed by atoms with Crippen LogP contribution in [0.5, 0.6) is 0 Å². The smallest absolute Gasteiger partial charge is 0.235 e. The Hall–Kier alpha value is -0.650. The summed E-state index contributed by atoms with van der Waals surface area (Å²) in [4.78, 5) is 16.1. The quantitative estimate of drug-likeness (QED) is 0.719. The molecule has 106 valence electrons. The molecule has 1 heterocycles. The fourth-order valence-electron chi connectivity index (χ4n) is 2.38. The summed E-state index contributed by atoms with van der Waals surface area (Å²) in [5.74, 6) is -0.263. The van der Waals surface area contributed by atoms with Crippen LogP contribution in [0.4, 0.5) is 0 Å². The zero-order valence-electron chi connectivity index (χ0n) is 12.4. The van der Waals surface area contributed by atoms with Crippen LogP contribution in [0.3, 0.4) is 0 Å². The molecular weight excluding hydrogens is 228 g/mol. The summed E-state index contributed by atoms with van der Waals surface area (Å²) in [5, 5.41) is 3.24. The molecule has 0 aromatic heterocycles. The van der Waals surface area contributed by atoms with Crippen LogP contribution in [0.2, 0.25) is 0 Å². The minimum atomic E-state index is -0.263. The van der Waals surface area contributed by atoms with Crippen molar-refractivity contribution in [1.82, 2.24) is 15.1 Å². The lowest BCUT2D eigenvalue weighted by atomic mass is 9.99. The summed E-state index contributed by atoms with van der Waals surface area (Å²) < 4.78 is 0. The Balaban J connectivity index is 2.57. The lowest BCUT2D eigenvalue weighted by Gasteiger charge is -2.46. The van der Waals surface area contributed by atoms with Gasteiger partial charge in [0.15, 0.2) is 0 Å². The summed E-state index contributed by atoms with van der Waals surface area (Å²) >= 11 is 0. The van der Waals surface area contributed by atoms with E-state index in [1.807, 2.05) is 13.8 Å². The van der Waals surface area contributed by atoms with Gasteiger partial charge < -0.3 is 11.1 Å². The number of nitrogens with two attached hydrogens (primary N) is 1. The minimum absolute atomic E-state index is 0.151. The number of rotatable bonds is 5. The molecule has 1 unspecified atom stereocenters. The molecule has 3 N–H and O–H groups in total. The van der Waals surface area contributed by atoms with Crippen LogP contribution >= 0.6 is 0 Å². The molecule has 1 aliphatic rings. The van der Waals surface area contributed by atoms with E-state index in [0.29, 0.717) is 6.54 Å². The number of primary amides is 1. The second-order valence-electron chi connectivity index (χ2n) is 6.25. The lowest BCUT2D eigenvalue weighted by molar-refractivity contribution is -0.121. The predicted octanol–water partition coefficient (Wildman–Crippen LogP) is -0.136. The van der Waals surface area contributed by atoms with Gasteiger partial charge in [-0.05, 0) is 20.9 Å². The molecule has 5 heteroatoms. The first-order valence-corrected chi connectivity index (χ1v) is 6.71. The summed E-state index contributed by atoms with van der Waals surface area (Å²) in [7, 11) is 2.15. The highest BCUT2D eigenvalue weighted by Crippen LogP contribution is 2.18. The van der Waals surface area contributed by atoms with Crippen molar-refractivity contribution in [1.29, 1.82) is 0 Å². The fourth-order valence-corrected chi connectivity index (χ4v) is 2.38. The van der Waals surface area contributed by atoms with Gasteiger partial charge in [-0.2, -0.15) is 0 Å². The molecule has 1 fully saturated rings. The van der Waals surface area contributed by atoms with Gasteiger partial charge in [0.25, 0.3) is 0 Å². The molecule has 0 radical (unpaired) electrons. The first kappa shape index (κ1) is 15.4. The van der Waals surface area contributed by atoms with Crippen LogP contribution in [0.1, 0.15) is 27.7 Å². The maximum absolute atomic E-state index is 11.5. The summed E-state index contributed by atoms with van der Waals surface area (Å²) in [6.07, 6.45) is 0. The van der Waals surface area contributed by atoms with Gasteiger partial charge in [0.1, 0.15) is 0 Å². The fraction of sp³-hybridized carbons (Fsp3) is 0.923. The van der Waals surface area contributed by atoms with E-state index < -0.39 is 0 Å². The van der Waals surface area contributed by atoms with E-state index in [0.717, 1.165) is 19.6 Å². The highest BCUT2D eigenvalue weighted by molar-refractivity contribution is 5.80. The van der Waals surface area contributed by atoms with Crippen LogP contribution in [-0.2, 0) is 4.79 Å². The highest BCUT2D eigenvalue weighted by Gasteiger charge is 2.32. The Morgan fingerprint density at radius 1 is 1.39 bits per heavy atom. The molecule has 1 amide bonds. The number of nitrogens with zero attached hydrogens (tertiary/aromatic N) is 2. The zero-order chi connectivity index (χ0) is 13.9. The maximum Gasteiger partial charge on any atom is 0.235 e. The number of nitrogens with one attached hydrogen (secondary N) is 1. The van der Waals surface area contributed by atoms with Gasteiger partial charge in [-0.15, -0.1) is 0 Å². The van der Waals surface area contributed by atoms with E-state index in [9.17, 15) is 4.79 Å². The summed E-state index contributed by atoms with van der Waals surface area (Å²) in [5.41, 5.74) is 5.61. The third-order valence-corrected chi connectivity index (χ3v) is 3.71. The highest BCUT2D eigenvalue weighted by atomic mass is 16.1. The normalized spacial score (nSPS) is 23.2. The van der Waals surface area contributed by atoms with Crippen LogP contribution in [0, 0.1) is 0 Å². The first-order valence-electron chi connectivity index (χ1n) is 6.71. The lowest BCUT2D eigenvalue weighted by Crippen LogP contribution is -2.61. The maximum atomic E-state index is 11.5. The van der Waals surface area contributed by atoms with Gasteiger partial charge in [-0.3, -0.25) is 14.6 Å². The van der Waals surface area contributed by atoms with Crippen molar-refractivity contribution in [3.63, 3.8) is 0 Å². The molecule has 0 aromatic carbocycles. The third-order valence-electron chi connectivity index (χ3n) is 3.71. The Kier molecular flexibility index (Phi) is 5.13. The van der Waals surface area contributed by atoms with E-state index in [4.69, 9.17) is 5.73 Å². The topological polar surface area (TPSA) is 61.6 Å². The zero-order valence-corrected chi connectivity index (χ0v) is 12.4. The molecule has 1 aliphatic heterocycles. The molecule has 0 aliphatic carbocycles. The van der Waals surface area contributed by atoms with Gasteiger partial charge in [0.2, 0.25) is 5.91 Å². The molecule has 0 bridgehead atoms. The minimum Gasteiger partial charge on any atom is -0.368 e. The van der Waals surface area contributed by atoms with Crippen molar-refractivity contribution in [2.45, 2.75) is 45.3 Å². The molecule has 1 atom stereocenters. The van der Waals surface area contributed by atoms with Crippen LogP contribution in [0.15, 0.2) is 0 Å². The average Bonchev–Trinajstić information content (AvgIpc) is 2.21. The standard InChI is InChI=1S/C13H28N4O/c1-10(2)15-11(12(14)18)8-17-7-6-16(5)13(3,4)9-17/h10-11,15H,6-9H2,1-5H3,(H2,14,18). The second kappa shape index (κ2) is 5.99. The van der Waals surface area contributed by atoms with Gasteiger partial charge in [0.05, 0.1) is 6.04 Å². The van der Waals surface area contributed by atoms with Gasteiger partial charge in [-0.25, -0.2) is 0 Å². The van der Waals surface area contributed by atoms with Gasteiger partial charge >= 0.3 is 0 Å². The van der Waals surface area contributed by atoms with E-state index >= 15 is 0 Å². The van der Waals surface area contributed by atoms with E-state index in [-0.39, 0.29) is 23.5 Å². The number of amides is 1. The first-order chi connectivity index (χ1) is 8.22. The summed E-state index contributed by atoms with van der Waals surface area (Å²) in [6.45, 7) is 12.2. The van der Waals surface area contributed by atoms with Crippen molar-refractivity contribution < 1.29 is 4.79 Å². The molecule has 0 saturated carbocycles. The Morgan fingerprint density at radius 2 is 2.00 bits per heavy atom. The monoisotopic (exact) mass is 256 g/mol. The SMILES string of the molecule is CC(C)NC(CN1CCN(C)C(C)(C)C1)C(N)=O. The van der Waals surface area contributed by atoms with E-state index in [2.05, 4.69) is 36.0 Å². The Bertz CT molecular complexity index is 291. The molecule has 0 spiro atoms. The number of hydrogen-bond donors (Lipinski definition) is 2. The molecule has 1 rings (SSSR count). The second-order valence-corrected chi connectivity index (χ2v) is 6.25. The van der Waals surface area contributed by atoms with Crippen LogP contribution < -0.4 is 11.1 Å². The number of piperazine rings is 1. The third kappa shape index (κ3) is 4.23. The molecule has 5 nitrogen and oxygen atoms in total. The van der Waals surface area contributed by atoms with Gasteiger partial charge in [-0.1, -0.05) is 13.8 Å². The van der Waals surface area contributed by atoms with Crippen molar-refractivity contribution >= 4 is 5.91 Å². The number of carbonyl (C=O) groups excluding carboxylic acids is 1. The largest absolute Gasteiger partial charge is 0.368 e. The molecule has 1 saturated heterocycles. The number of carbonyl (C=O) groups is 1. The number of hydrogen-bond acceptors (Lipinski definition) is 4. The molecule has 18 heavy (non-hydrogen) atoms. The molecule has 0 aromatic rings. The number of likely N-dealkylation sites (N-methyl/N-ethyl adjacent to an activating group) is 1. The van der Waals surface area contributed by atoms with Crippen molar-refractivity contribution in [3.05, 3.63) is 0 Å². The van der Waals surface area contributed by atoms with Crippen molar-refractivity contribution in [3.8, 4) is 0 Å². The summed E-state index contributed by atoms with van der Waals surface area (Å²) in [6, 6.07) is 0.00665. The van der Waals surface area contributed by atoms with Crippen molar-refractivity contribution in [2.75, 3.05) is 33.2 Å². The van der Waals surface area contributed by atoms with Crippen LogP contribution in [-0.4, -0.2) is 66.6 Å². The average molecular weight is 256 g/mol. The van der Waals surface area contributed by atoms with E-state index in [1.54, 1.807) is 0 Å². The van der Waals surface area contributed by atoms with Gasteiger partial charge in [0, 0.05) is 37.8 Å². The van der Waals surface area contributed by atoms with E-state index in [1.165, 1.54) is 0 Å². The van der Waals surface area contributed by atoms with Crippen LogP contribution in [0.25, 0.3) is 0 Å². The Morgan fingerprint density at radius 3 is 2.44 bits per heavy atom. The predicted molar refractivity (Wildman–Crippen MR) is 74.4 cm³/mol. The Labute approximate surface area is 111 Å². The van der Waals surface area contributed by atoms with Crippen molar-refractivity contribution in [2.24, 2.45) is 5.73 Å².